The molecule has 6 nitrogen and oxygen atoms in total. The molecular formula is C15H14N2O4. The number of rotatable bonds is 6. The van der Waals surface area contributed by atoms with Gasteiger partial charge in [-0.25, -0.2) is 14.9 Å². The molecular weight excluding hydrogens is 272 g/mol. The van der Waals surface area contributed by atoms with Gasteiger partial charge in [-0.05, 0) is 16.7 Å². The molecule has 0 heterocycles. The molecule has 1 atom stereocenters. The van der Waals surface area contributed by atoms with Crippen molar-refractivity contribution < 1.29 is 14.9 Å². The highest BCUT2D eigenvalue weighted by molar-refractivity contribution is 5.75. The molecule has 0 saturated heterocycles. The van der Waals surface area contributed by atoms with Crippen LogP contribution < -0.4 is 5.43 Å². The van der Waals surface area contributed by atoms with Crippen molar-refractivity contribution in [2.24, 2.45) is 0 Å². The maximum Gasteiger partial charge on any atom is 0.332 e. The van der Waals surface area contributed by atoms with Gasteiger partial charge in [0.1, 0.15) is 0 Å². The van der Waals surface area contributed by atoms with Gasteiger partial charge in [0.2, 0.25) is 0 Å². The van der Waals surface area contributed by atoms with E-state index in [9.17, 15) is 14.9 Å². The van der Waals surface area contributed by atoms with E-state index in [0.717, 1.165) is 16.7 Å². The number of hydrazine groups is 1. The van der Waals surface area contributed by atoms with E-state index in [-0.39, 0.29) is 6.42 Å². The van der Waals surface area contributed by atoms with Crippen molar-refractivity contribution in [3.8, 4) is 11.1 Å². The largest absolute Gasteiger partial charge is 0.480 e. The van der Waals surface area contributed by atoms with Crippen LogP contribution in [0.5, 0.6) is 0 Å². The summed E-state index contributed by atoms with van der Waals surface area (Å²) in [5, 5.41) is 18.7. The minimum absolute atomic E-state index is 0.0291. The standard InChI is InChI=1S/C15H14N2O4/c18-15(19)14(16-17(20)21)10-12-8-4-5-9-13(12)11-6-2-1-3-7-11/h1-9,14,16H,10H2,(H,18,19). The normalized spacial score (nSPS) is 11.6. The highest BCUT2D eigenvalue weighted by Gasteiger charge is 2.23. The predicted molar refractivity (Wildman–Crippen MR) is 77.1 cm³/mol. The number of hydrogen-bond donors (Lipinski definition) is 2. The molecule has 0 aliphatic heterocycles. The zero-order valence-corrected chi connectivity index (χ0v) is 11.1. The maximum absolute atomic E-state index is 11.1. The second kappa shape index (κ2) is 6.51. The van der Waals surface area contributed by atoms with Crippen LogP contribution in [-0.2, 0) is 11.2 Å². The maximum atomic E-state index is 11.1. The quantitative estimate of drug-likeness (QED) is 0.627. The first kappa shape index (κ1) is 14.5. The van der Waals surface area contributed by atoms with E-state index >= 15 is 0 Å². The molecule has 0 fully saturated rings. The van der Waals surface area contributed by atoms with Gasteiger partial charge in [0.05, 0.1) is 0 Å². The highest BCUT2D eigenvalue weighted by atomic mass is 16.7. The second-order valence-electron chi connectivity index (χ2n) is 4.50. The number of nitrogens with one attached hydrogen (secondary N) is 1. The Balaban J connectivity index is 2.32. The molecule has 21 heavy (non-hydrogen) atoms. The number of nitrogens with zero attached hydrogens (tertiary/aromatic N) is 1. The molecule has 2 N–H and O–H groups in total. The first-order valence-electron chi connectivity index (χ1n) is 6.34. The Hall–Kier alpha value is -2.89. The summed E-state index contributed by atoms with van der Waals surface area (Å²) >= 11 is 0. The number of carbonyl (C=O) groups is 1. The smallest absolute Gasteiger partial charge is 0.332 e. The Labute approximate surface area is 121 Å². The van der Waals surface area contributed by atoms with E-state index in [1.165, 1.54) is 0 Å². The number of carboxylic acid groups (broad SMARTS) is 1. The lowest BCUT2D eigenvalue weighted by Gasteiger charge is -2.13. The zero-order valence-electron chi connectivity index (χ0n) is 11.1. The molecule has 0 radical (unpaired) electrons. The molecule has 0 aliphatic carbocycles. The van der Waals surface area contributed by atoms with Crippen molar-refractivity contribution in [2.45, 2.75) is 12.5 Å². The monoisotopic (exact) mass is 286 g/mol. The topological polar surface area (TPSA) is 92.5 Å². The van der Waals surface area contributed by atoms with Gasteiger partial charge < -0.3 is 5.11 Å². The lowest BCUT2D eigenvalue weighted by Crippen LogP contribution is -2.42. The first-order chi connectivity index (χ1) is 10.1. The number of hydrogen-bond acceptors (Lipinski definition) is 3. The van der Waals surface area contributed by atoms with Gasteiger partial charge in [-0.2, -0.15) is 0 Å². The molecule has 0 amide bonds. The molecule has 108 valence electrons. The summed E-state index contributed by atoms with van der Waals surface area (Å²) in [5.41, 5.74) is 4.38. The molecule has 0 bridgehead atoms. The molecule has 0 aliphatic rings. The second-order valence-corrected chi connectivity index (χ2v) is 4.50. The minimum Gasteiger partial charge on any atom is -0.480 e. The van der Waals surface area contributed by atoms with Crippen LogP contribution >= 0.6 is 0 Å². The number of carboxylic acids is 1. The summed E-state index contributed by atoms with van der Waals surface area (Å²) in [7, 11) is 0. The molecule has 6 heteroatoms. The first-order valence-corrected chi connectivity index (χ1v) is 6.34. The van der Waals surface area contributed by atoms with Crippen LogP contribution in [0.15, 0.2) is 54.6 Å². The van der Waals surface area contributed by atoms with Gasteiger partial charge in [0, 0.05) is 6.42 Å². The molecule has 0 saturated carbocycles. The summed E-state index contributed by atoms with van der Waals surface area (Å²) in [6.07, 6.45) is 0.0291. The fraction of sp³-hybridized carbons (Fsp3) is 0.133. The van der Waals surface area contributed by atoms with Gasteiger partial charge in [0.15, 0.2) is 11.1 Å². The number of benzene rings is 2. The van der Waals surface area contributed by atoms with Crippen LogP contribution in [0.25, 0.3) is 11.1 Å². The van der Waals surface area contributed by atoms with Crippen LogP contribution in [0.2, 0.25) is 0 Å². The van der Waals surface area contributed by atoms with Gasteiger partial charge in [-0.3, -0.25) is 0 Å². The number of nitro groups is 1. The van der Waals surface area contributed by atoms with Crippen molar-refractivity contribution in [3.05, 3.63) is 70.3 Å². The minimum atomic E-state index is -1.27. The Morgan fingerprint density at radius 2 is 1.76 bits per heavy atom. The van der Waals surface area contributed by atoms with Crippen molar-refractivity contribution in [2.75, 3.05) is 0 Å². The van der Waals surface area contributed by atoms with Gasteiger partial charge >= 0.3 is 5.97 Å². The van der Waals surface area contributed by atoms with E-state index in [4.69, 9.17) is 5.11 Å². The fourth-order valence-corrected chi connectivity index (χ4v) is 2.13. The Morgan fingerprint density at radius 3 is 2.38 bits per heavy atom. The molecule has 0 spiro atoms. The third kappa shape index (κ3) is 3.79. The Bertz CT molecular complexity index is 643. The summed E-state index contributed by atoms with van der Waals surface area (Å²) < 4.78 is 0. The van der Waals surface area contributed by atoms with Crippen molar-refractivity contribution in [1.82, 2.24) is 5.43 Å². The highest BCUT2D eigenvalue weighted by Crippen LogP contribution is 2.24. The third-order valence-corrected chi connectivity index (χ3v) is 3.09. The third-order valence-electron chi connectivity index (χ3n) is 3.09. The predicted octanol–water partition coefficient (Wildman–Crippen LogP) is 2.13. The zero-order chi connectivity index (χ0) is 15.2. The van der Waals surface area contributed by atoms with E-state index in [2.05, 4.69) is 0 Å². The van der Waals surface area contributed by atoms with Gasteiger partial charge in [-0.15, -0.1) is 5.43 Å². The van der Waals surface area contributed by atoms with Crippen LogP contribution in [0.4, 0.5) is 0 Å². The fourth-order valence-electron chi connectivity index (χ4n) is 2.13. The Kier molecular flexibility index (Phi) is 4.50. The lowest BCUT2D eigenvalue weighted by molar-refractivity contribution is -0.548. The van der Waals surface area contributed by atoms with Crippen LogP contribution in [0.3, 0.4) is 0 Å². The molecule has 2 rings (SSSR count). The van der Waals surface area contributed by atoms with E-state index in [0.29, 0.717) is 0 Å². The van der Waals surface area contributed by atoms with Gasteiger partial charge in [-0.1, -0.05) is 54.6 Å². The molecule has 1 unspecified atom stereocenters. The summed E-state index contributed by atoms with van der Waals surface area (Å²) in [6, 6.07) is 15.5. The molecule has 2 aromatic rings. The number of aliphatic carboxylic acids is 1. The van der Waals surface area contributed by atoms with Crippen molar-refractivity contribution in [3.63, 3.8) is 0 Å². The van der Waals surface area contributed by atoms with E-state index in [1.807, 2.05) is 47.9 Å². The lowest BCUT2D eigenvalue weighted by atomic mass is 9.95. The summed E-state index contributed by atoms with van der Waals surface area (Å²) in [5.74, 6) is -1.26. The van der Waals surface area contributed by atoms with Crippen LogP contribution in [0, 0.1) is 10.1 Å². The van der Waals surface area contributed by atoms with Crippen molar-refractivity contribution in [1.29, 1.82) is 0 Å². The Morgan fingerprint density at radius 1 is 1.14 bits per heavy atom. The average molecular weight is 286 g/mol. The summed E-state index contributed by atoms with van der Waals surface area (Å²) in [4.78, 5) is 21.6. The van der Waals surface area contributed by atoms with Crippen molar-refractivity contribution >= 4 is 5.97 Å². The molecule has 2 aromatic carbocycles. The molecule has 0 aromatic heterocycles. The van der Waals surface area contributed by atoms with E-state index < -0.39 is 17.0 Å². The van der Waals surface area contributed by atoms with E-state index in [1.54, 1.807) is 12.1 Å². The summed E-state index contributed by atoms with van der Waals surface area (Å²) in [6.45, 7) is 0. The average Bonchev–Trinajstić information content (AvgIpc) is 2.47. The van der Waals surface area contributed by atoms with Gasteiger partial charge in [0.25, 0.3) is 0 Å². The SMILES string of the molecule is O=C(O)C(Cc1ccccc1-c1ccccc1)N[N+](=O)[O-]. The van der Waals surface area contributed by atoms with Crippen LogP contribution in [0.1, 0.15) is 5.56 Å². The van der Waals surface area contributed by atoms with Crippen LogP contribution in [-0.4, -0.2) is 22.1 Å².